The van der Waals surface area contributed by atoms with E-state index in [-0.39, 0.29) is 10.9 Å². The van der Waals surface area contributed by atoms with Crippen molar-refractivity contribution in [2.75, 3.05) is 5.43 Å². The molecular weight excluding hydrogens is 266 g/mol. The van der Waals surface area contributed by atoms with Gasteiger partial charge in [0.2, 0.25) is 0 Å². The van der Waals surface area contributed by atoms with E-state index in [1.54, 1.807) is 12.1 Å². The third-order valence-corrected chi connectivity index (χ3v) is 2.68. The molecule has 0 bridgehead atoms. The van der Waals surface area contributed by atoms with Crippen LogP contribution in [0.4, 0.5) is 11.4 Å². The molecule has 0 saturated heterocycles. The summed E-state index contributed by atoms with van der Waals surface area (Å²) in [5.74, 6) is 0. The summed E-state index contributed by atoms with van der Waals surface area (Å²) < 4.78 is 0. The Labute approximate surface area is 114 Å². The molecule has 0 aliphatic rings. The van der Waals surface area contributed by atoms with Gasteiger partial charge in [-0.1, -0.05) is 29.8 Å². The number of hydrogen-bond donors (Lipinski definition) is 1. The van der Waals surface area contributed by atoms with Crippen molar-refractivity contribution in [3.05, 3.63) is 70.3 Å². The molecule has 96 valence electrons. The number of nitrogens with zero attached hydrogens (tertiary/aromatic N) is 2. The Morgan fingerprint density at radius 3 is 2.32 bits per heavy atom. The molecule has 0 aromatic heterocycles. The number of hydrazone groups is 1. The van der Waals surface area contributed by atoms with Crippen LogP contribution in [-0.2, 0) is 0 Å². The van der Waals surface area contributed by atoms with Crippen molar-refractivity contribution in [3.8, 4) is 0 Å². The van der Waals surface area contributed by atoms with Crippen LogP contribution in [0.5, 0.6) is 0 Å². The maximum Gasteiger partial charge on any atom is 0.269 e. The Kier molecular flexibility index (Phi) is 4.10. The summed E-state index contributed by atoms with van der Waals surface area (Å²) in [5.41, 5.74) is 4.24. The van der Waals surface area contributed by atoms with Gasteiger partial charge in [0.1, 0.15) is 0 Å². The molecule has 0 heterocycles. The summed E-state index contributed by atoms with van der Waals surface area (Å²) in [6.45, 7) is 0. The quantitative estimate of drug-likeness (QED) is 0.526. The molecule has 0 radical (unpaired) electrons. The first-order valence-electron chi connectivity index (χ1n) is 5.46. The van der Waals surface area contributed by atoms with E-state index in [0.29, 0.717) is 5.56 Å². The minimum absolute atomic E-state index is 0.0178. The summed E-state index contributed by atoms with van der Waals surface area (Å²) in [6.07, 6.45) is 0. The fourth-order valence-corrected chi connectivity index (χ4v) is 1.58. The van der Waals surface area contributed by atoms with Gasteiger partial charge in [0.15, 0.2) is 5.17 Å². The van der Waals surface area contributed by atoms with E-state index in [4.69, 9.17) is 11.6 Å². The number of hydrogen-bond acceptors (Lipinski definition) is 4. The summed E-state index contributed by atoms with van der Waals surface area (Å²) in [5, 5.41) is 14.8. The molecule has 0 aliphatic carbocycles. The van der Waals surface area contributed by atoms with E-state index < -0.39 is 4.92 Å². The van der Waals surface area contributed by atoms with Gasteiger partial charge in [0.25, 0.3) is 5.69 Å². The van der Waals surface area contributed by atoms with Gasteiger partial charge in [-0.15, -0.1) is 0 Å². The second-order valence-corrected chi connectivity index (χ2v) is 4.04. The average molecular weight is 276 g/mol. The highest BCUT2D eigenvalue weighted by Crippen LogP contribution is 2.14. The minimum Gasteiger partial charge on any atom is -0.277 e. The van der Waals surface area contributed by atoms with Gasteiger partial charge in [-0.05, 0) is 24.3 Å². The van der Waals surface area contributed by atoms with Crippen molar-refractivity contribution in [3.63, 3.8) is 0 Å². The largest absolute Gasteiger partial charge is 0.277 e. The second-order valence-electron chi connectivity index (χ2n) is 3.68. The van der Waals surface area contributed by atoms with Gasteiger partial charge in [-0.2, -0.15) is 5.10 Å². The molecule has 19 heavy (non-hydrogen) atoms. The van der Waals surface area contributed by atoms with E-state index in [1.165, 1.54) is 12.1 Å². The van der Waals surface area contributed by atoms with Gasteiger partial charge < -0.3 is 0 Å². The monoisotopic (exact) mass is 275 g/mol. The predicted molar refractivity (Wildman–Crippen MR) is 75.6 cm³/mol. The highest BCUT2D eigenvalue weighted by Gasteiger charge is 2.06. The third-order valence-electron chi connectivity index (χ3n) is 2.37. The third kappa shape index (κ3) is 3.53. The number of nitro groups is 1. The molecule has 2 aromatic carbocycles. The first-order valence-corrected chi connectivity index (χ1v) is 5.83. The van der Waals surface area contributed by atoms with Gasteiger partial charge >= 0.3 is 0 Å². The number of anilines is 1. The molecule has 0 fully saturated rings. The zero-order valence-electron chi connectivity index (χ0n) is 9.79. The average Bonchev–Trinajstić information content (AvgIpc) is 2.46. The van der Waals surface area contributed by atoms with Gasteiger partial charge in [-0.25, -0.2) is 0 Å². The second kappa shape index (κ2) is 5.97. The fraction of sp³-hybridized carbons (Fsp3) is 0. The lowest BCUT2D eigenvalue weighted by molar-refractivity contribution is -0.384. The number of halogens is 1. The molecule has 2 rings (SSSR count). The van der Waals surface area contributed by atoms with E-state index >= 15 is 0 Å². The molecule has 0 aliphatic heterocycles. The standard InChI is InChI=1S/C13H10ClN3O2/c14-13(16-15-11-4-2-1-3-5-11)10-6-8-12(9-7-10)17(18)19/h1-9,15H/b16-13-. The van der Waals surface area contributed by atoms with Crippen LogP contribution in [0.3, 0.4) is 0 Å². The lowest BCUT2D eigenvalue weighted by Gasteiger charge is -2.01. The highest BCUT2D eigenvalue weighted by atomic mass is 35.5. The number of non-ortho nitro benzene ring substituents is 1. The molecule has 0 amide bonds. The van der Waals surface area contributed by atoms with E-state index in [1.807, 2.05) is 30.3 Å². The van der Waals surface area contributed by atoms with Crippen molar-refractivity contribution in [2.45, 2.75) is 0 Å². The summed E-state index contributed by atoms with van der Waals surface area (Å²) in [4.78, 5) is 10.1. The lowest BCUT2D eigenvalue weighted by atomic mass is 10.2. The number of para-hydroxylation sites is 1. The maximum atomic E-state index is 10.5. The Morgan fingerprint density at radius 2 is 1.74 bits per heavy atom. The smallest absolute Gasteiger partial charge is 0.269 e. The van der Waals surface area contributed by atoms with Crippen molar-refractivity contribution >= 4 is 28.1 Å². The van der Waals surface area contributed by atoms with Crippen LogP contribution in [0, 0.1) is 10.1 Å². The molecule has 0 spiro atoms. The Hall–Kier alpha value is -2.40. The topological polar surface area (TPSA) is 67.5 Å². The number of nitrogens with one attached hydrogen (secondary N) is 1. The molecule has 5 nitrogen and oxygen atoms in total. The molecule has 0 atom stereocenters. The van der Waals surface area contributed by atoms with E-state index in [0.717, 1.165) is 5.69 Å². The molecular formula is C13H10ClN3O2. The highest BCUT2D eigenvalue weighted by molar-refractivity contribution is 6.69. The van der Waals surface area contributed by atoms with Gasteiger partial charge in [-0.3, -0.25) is 15.5 Å². The van der Waals surface area contributed by atoms with E-state index in [2.05, 4.69) is 10.5 Å². The first kappa shape index (κ1) is 13.0. The van der Waals surface area contributed by atoms with Crippen LogP contribution in [0.2, 0.25) is 0 Å². The number of nitro benzene ring substituents is 1. The maximum absolute atomic E-state index is 10.5. The van der Waals surface area contributed by atoms with Crippen molar-refractivity contribution in [1.82, 2.24) is 0 Å². The Bertz CT molecular complexity index is 597. The first-order chi connectivity index (χ1) is 9.16. The van der Waals surface area contributed by atoms with Crippen LogP contribution in [-0.4, -0.2) is 10.1 Å². The van der Waals surface area contributed by atoms with Crippen LogP contribution in [0.1, 0.15) is 5.56 Å². The minimum atomic E-state index is -0.461. The van der Waals surface area contributed by atoms with Gasteiger partial charge in [0.05, 0.1) is 10.6 Å². The fourth-order valence-electron chi connectivity index (χ4n) is 1.41. The Morgan fingerprint density at radius 1 is 1.11 bits per heavy atom. The normalized spacial score (nSPS) is 11.1. The zero-order chi connectivity index (χ0) is 13.7. The molecule has 2 aromatic rings. The molecule has 6 heteroatoms. The zero-order valence-corrected chi connectivity index (χ0v) is 10.5. The number of benzene rings is 2. The van der Waals surface area contributed by atoms with Crippen LogP contribution in [0.15, 0.2) is 59.7 Å². The van der Waals surface area contributed by atoms with Crippen molar-refractivity contribution in [1.29, 1.82) is 0 Å². The summed E-state index contributed by atoms with van der Waals surface area (Å²) in [6, 6.07) is 15.2. The van der Waals surface area contributed by atoms with Crippen LogP contribution < -0.4 is 5.43 Å². The Balaban J connectivity index is 2.10. The van der Waals surface area contributed by atoms with Gasteiger partial charge in [0, 0.05) is 17.7 Å². The summed E-state index contributed by atoms with van der Waals surface area (Å²) in [7, 11) is 0. The van der Waals surface area contributed by atoms with Crippen LogP contribution in [0.25, 0.3) is 0 Å². The lowest BCUT2D eigenvalue weighted by Crippen LogP contribution is -1.97. The molecule has 1 N–H and O–H groups in total. The number of rotatable bonds is 4. The molecule has 0 unspecified atom stereocenters. The van der Waals surface area contributed by atoms with Crippen molar-refractivity contribution in [2.24, 2.45) is 5.10 Å². The predicted octanol–water partition coefficient (Wildman–Crippen LogP) is 3.61. The SMILES string of the molecule is O=[N+]([O-])c1ccc(/C(Cl)=N/Nc2ccccc2)cc1. The van der Waals surface area contributed by atoms with E-state index in [9.17, 15) is 10.1 Å². The summed E-state index contributed by atoms with van der Waals surface area (Å²) >= 11 is 6.01. The van der Waals surface area contributed by atoms with Crippen LogP contribution >= 0.6 is 11.6 Å². The van der Waals surface area contributed by atoms with Crippen molar-refractivity contribution < 1.29 is 4.92 Å². The molecule has 0 saturated carbocycles.